The number of carbonyl (C=O) groups excluding carboxylic acids is 1. The second-order valence-electron chi connectivity index (χ2n) is 3.49. The van der Waals surface area contributed by atoms with Crippen molar-refractivity contribution in [2.24, 2.45) is 0 Å². The van der Waals surface area contributed by atoms with Crippen LogP contribution >= 0.6 is 11.8 Å². The van der Waals surface area contributed by atoms with Crippen molar-refractivity contribution >= 4 is 23.4 Å². The first-order valence-electron chi connectivity index (χ1n) is 4.83. The molecule has 0 unspecified atom stereocenters. The van der Waals surface area contributed by atoms with Gasteiger partial charge in [-0.25, -0.2) is 0 Å². The highest BCUT2D eigenvalue weighted by atomic mass is 32.2. The van der Waals surface area contributed by atoms with Crippen LogP contribution in [0.2, 0.25) is 0 Å². The second kappa shape index (κ2) is 4.14. The summed E-state index contributed by atoms with van der Waals surface area (Å²) in [6.07, 6.45) is 0. The number of esters is 1. The molecular weight excluding hydrogens is 210 g/mol. The zero-order chi connectivity index (χ0) is 10.8. The number of carbonyl (C=O) groups is 1. The molecule has 0 spiro atoms. The first-order valence-corrected chi connectivity index (χ1v) is 5.82. The van der Waals surface area contributed by atoms with Gasteiger partial charge in [-0.15, -0.1) is 11.8 Å². The Morgan fingerprint density at radius 1 is 1.53 bits per heavy atom. The topological polar surface area (TPSA) is 29.5 Å². The van der Waals surface area contributed by atoms with E-state index in [0.29, 0.717) is 5.75 Å². The van der Waals surface area contributed by atoms with Gasteiger partial charge < -0.3 is 9.64 Å². The molecule has 1 aromatic carbocycles. The Balaban J connectivity index is 2.31. The lowest BCUT2D eigenvalue weighted by molar-refractivity contribution is -0.131. The summed E-state index contributed by atoms with van der Waals surface area (Å²) < 4.78 is 5.05. The number of hydrogen-bond donors (Lipinski definition) is 0. The van der Waals surface area contributed by atoms with E-state index >= 15 is 0 Å². The smallest absolute Gasteiger partial charge is 0.308 e. The lowest BCUT2D eigenvalue weighted by Crippen LogP contribution is -2.24. The first-order chi connectivity index (χ1) is 7.16. The van der Waals surface area contributed by atoms with Gasteiger partial charge in [0, 0.05) is 37.2 Å². The van der Waals surface area contributed by atoms with Crippen LogP contribution in [0.25, 0.3) is 0 Å². The van der Waals surface area contributed by atoms with E-state index in [4.69, 9.17) is 4.74 Å². The van der Waals surface area contributed by atoms with Gasteiger partial charge in [0.25, 0.3) is 0 Å². The molecule has 1 aliphatic heterocycles. The lowest BCUT2D eigenvalue weighted by atomic mass is 10.2. The maximum Gasteiger partial charge on any atom is 0.308 e. The highest BCUT2D eigenvalue weighted by molar-refractivity contribution is 7.99. The highest BCUT2D eigenvalue weighted by Crippen LogP contribution is 2.36. The van der Waals surface area contributed by atoms with Gasteiger partial charge in [-0.3, -0.25) is 4.79 Å². The molecule has 1 heterocycles. The summed E-state index contributed by atoms with van der Waals surface area (Å²) >= 11 is 1.84. The summed E-state index contributed by atoms with van der Waals surface area (Å²) in [5, 5.41) is 0. The SMILES string of the molecule is CC(=O)Oc1ccc2c(c1)N(C)CCS2. The van der Waals surface area contributed by atoms with Crippen LogP contribution in [-0.2, 0) is 4.79 Å². The third-order valence-electron chi connectivity index (χ3n) is 2.29. The van der Waals surface area contributed by atoms with Crippen molar-refractivity contribution in [2.75, 3.05) is 24.2 Å². The quantitative estimate of drug-likeness (QED) is 0.539. The molecule has 0 amide bonds. The lowest BCUT2D eigenvalue weighted by Gasteiger charge is -2.27. The van der Waals surface area contributed by atoms with Crippen molar-refractivity contribution in [1.82, 2.24) is 0 Å². The van der Waals surface area contributed by atoms with Crippen molar-refractivity contribution in [3.63, 3.8) is 0 Å². The molecule has 1 aromatic rings. The zero-order valence-electron chi connectivity index (χ0n) is 8.82. The number of ether oxygens (including phenoxy) is 1. The largest absolute Gasteiger partial charge is 0.427 e. The number of hydrogen-bond acceptors (Lipinski definition) is 4. The van der Waals surface area contributed by atoms with Gasteiger partial charge in [-0.1, -0.05) is 0 Å². The molecule has 15 heavy (non-hydrogen) atoms. The van der Waals surface area contributed by atoms with Crippen molar-refractivity contribution in [3.05, 3.63) is 18.2 Å². The fourth-order valence-corrected chi connectivity index (χ4v) is 2.67. The third kappa shape index (κ3) is 2.26. The van der Waals surface area contributed by atoms with Gasteiger partial charge in [0.15, 0.2) is 0 Å². The Morgan fingerprint density at radius 3 is 3.07 bits per heavy atom. The molecule has 0 bridgehead atoms. The van der Waals surface area contributed by atoms with Gasteiger partial charge in [-0.05, 0) is 12.1 Å². The van der Waals surface area contributed by atoms with Crippen molar-refractivity contribution < 1.29 is 9.53 Å². The minimum absolute atomic E-state index is 0.277. The van der Waals surface area contributed by atoms with E-state index in [0.717, 1.165) is 18.0 Å². The van der Waals surface area contributed by atoms with Crippen molar-refractivity contribution in [1.29, 1.82) is 0 Å². The Labute approximate surface area is 93.4 Å². The molecule has 4 heteroatoms. The monoisotopic (exact) mass is 223 g/mol. The molecule has 3 nitrogen and oxygen atoms in total. The zero-order valence-corrected chi connectivity index (χ0v) is 9.63. The standard InChI is InChI=1S/C11H13NO2S/c1-8(13)14-9-3-4-11-10(7-9)12(2)5-6-15-11/h3-4,7H,5-6H2,1-2H3. The third-order valence-corrected chi connectivity index (χ3v) is 3.33. The van der Waals surface area contributed by atoms with E-state index in [9.17, 15) is 4.79 Å². The van der Waals surface area contributed by atoms with E-state index < -0.39 is 0 Å². The minimum atomic E-state index is -0.277. The van der Waals surface area contributed by atoms with Crippen LogP contribution in [-0.4, -0.2) is 25.3 Å². The van der Waals surface area contributed by atoms with Gasteiger partial charge in [0.1, 0.15) is 5.75 Å². The van der Waals surface area contributed by atoms with Crippen molar-refractivity contribution in [3.8, 4) is 5.75 Å². The van der Waals surface area contributed by atoms with Crippen LogP contribution < -0.4 is 9.64 Å². The van der Waals surface area contributed by atoms with E-state index in [-0.39, 0.29) is 5.97 Å². The van der Waals surface area contributed by atoms with Crippen LogP contribution in [0.4, 0.5) is 5.69 Å². The Hall–Kier alpha value is -1.16. The fraction of sp³-hybridized carbons (Fsp3) is 0.364. The van der Waals surface area contributed by atoms with Gasteiger partial charge >= 0.3 is 5.97 Å². The van der Waals surface area contributed by atoms with Crippen LogP contribution in [0.5, 0.6) is 5.75 Å². The van der Waals surface area contributed by atoms with Gasteiger partial charge in [-0.2, -0.15) is 0 Å². The van der Waals surface area contributed by atoms with Crippen LogP contribution in [0, 0.1) is 0 Å². The molecule has 0 saturated heterocycles. The predicted octanol–water partition coefficient (Wildman–Crippen LogP) is 2.15. The normalized spacial score (nSPS) is 14.7. The predicted molar refractivity (Wildman–Crippen MR) is 61.7 cm³/mol. The average Bonchev–Trinajstić information content (AvgIpc) is 2.18. The summed E-state index contributed by atoms with van der Waals surface area (Å²) in [5.41, 5.74) is 1.14. The molecule has 0 saturated carbocycles. The molecule has 0 radical (unpaired) electrons. The minimum Gasteiger partial charge on any atom is -0.427 e. The highest BCUT2D eigenvalue weighted by Gasteiger charge is 2.15. The molecule has 2 rings (SSSR count). The summed E-state index contributed by atoms with van der Waals surface area (Å²) in [7, 11) is 2.05. The van der Waals surface area contributed by atoms with Gasteiger partial charge in [0.05, 0.1) is 5.69 Å². The van der Waals surface area contributed by atoms with Crippen LogP contribution in [0.15, 0.2) is 23.1 Å². The number of anilines is 1. The summed E-state index contributed by atoms with van der Waals surface area (Å²) in [5.74, 6) is 1.45. The number of fused-ring (bicyclic) bond motifs is 1. The van der Waals surface area contributed by atoms with E-state index in [2.05, 4.69) is 11.9 Å². The number of nitrogens with zero attached hydrogens (tertiary/aromatic N) is 1. The van der Waals surface area contributed by atoms with E-state index in [1.54, 1.807) is 0 Å². The van der Waals surface area contributed by atoms with Crippen LogP contribution in [0.3, 0.4) is 0 Å². The average molecular weight is 223 g/mol. The molecule has 0 N–H and O–H groups in total. The van der Waals surface area contributed by atoms with Crippen molar-refractivity contribution in [2.45, 2.75) is 11.8 Å². The van der Waals surface area contributed by atoms with E-state index in [1.807, 2.05) is 30.0 Å². The number of thioether (sulfide) groups is 1. The maximum atomic E-state index is 10.8. The molecule has 0 aromatic heterocycles. The molecule has 0 aliphatic carbocycles. The number of rotatable bonds is 1. The first kappa shape index (κ1) is 10.4. The molecular formula is C11H13NO2S. The second-order valence-corrected chi connectivity index (χ2v) is 4.63. The Kier molecular flexibility index (Phi) is 2.86. The van der Waals surface area contributed by atoms with Gasteiger partial charge in [0.2, 0.25) is 0 Å². The summed E-state index contributed by atoms with van der Waals surface area (Å²) in [6, 6.07) is 5.77. The summed E-state index contributed by atoms with van der Waals surface area (Å²) in [6.45, 7) is 2.44. The summed E-state index contributed by atoms with van der Waals surface area (Å²) in [4.78, 5) is 14.3. The molecule has 1 aliphatic rings. The van der Waals surface area contributed by atoms with E-state index in [1.165, 1.54) is 11.8 Å². The van der Waals surface area contributed by atoms with Crippen LogP contribution in [0.1, 0.15) is 6.92 Å². The Bertz CT molecular complexity index is 392. The Morgan fingerprint density at radius 2 is 2.33 bits per heavy atom. The molecule has 0 atom stereocenters. The molecule has 0 fully saturated rings. The number of benzene rings is 1. The maximum absolute atomic E-state index is 10.8. The fourth-order valence-electron chi connectivity index (χ4n) is 1.56. The molecule has 80 valence electrons.